The zero-order valence-electron chi connectivity index (χ0n) is 16.6. The lowest BCUT2D eigenvalue weighted by Gasteiger charge is -2.10. The average molecular weight is 386 g/mol. The highest BCUT2D eigenvalue weighted by molar-refractivity contribution is 5.78. The average Bonchev–Trinajstić information content (AvgIpc) is 3.23. The van der Waals surface area contributed by atoms with Gasteiger partial charge in [0.1, 0.15) is 12.4 Å². The summed E-state index contributed by atoms with van der Waals surface area (Å²) in [5.74, 6) is -0.354. The lowest BCUT2D eigenvalue weighted by atomic mass is 10.1. The number of hydrogen-bond acceptors (Lipinski definition) is 4. The van der Waals surface area contributed by atoms with Gasteiger partial charge in [-0.1, -0.05) is 51.5 Å². The number of rotatable bonds is 9. The molecule has 2 unspecified atom stereocenters. The number of esters is 1. The Balaban J connectivity index is 1.57. The van der Waals surface area contributed by atoms with Gasteiger partial charge < -0.3 is 14.2 Å². The van der Waals surface area contributed by atoms with Crippen molar-refractivity contribution in [2.24, 2.45) is 11.3 Å². The van der Waals surface area contributed by atoms with E-state index in [1.165, 1.54) is 6.07 Å². The van der Waals surface area contributed by atoms with Crippen molar-refractivity contribution in [1.29, 1.82) is 0 Å². The number of carbonyl (C=O) groups is 1. The molecule has 1 aliphatic carbocycles. The fraction of sp³-hybridized carbons (Fsp3) is 0.435. The molecule has 0 aliphatic heterocycles. The van der Waals surface area contributed by atoms with Crippen molar-refractivity contribution in [3.63, 3.8) is 0 Å². The quantitative estimate of drug-likeness (QED) is 0.421. The third-order valence-electron chi connectivity index (χ3n) is 5.13. The van der Waals surface area contributed by atoms with Crippen LogP contribution in [0.25, 0.3) is 0 Å². The first-order valence-electron chi connectivity index (χ1n) is 9.73. The first kappa shape index (κ1) is 20.3. The summed E-state index contributed by atoms with van der Waals surface area (Å²) in [4.78, 5) is 12.5. The molecule has 0 spiro atoms. The minimum Gasteiger partial charge on any atom is -0.461 e. The maximum absolute atomic E-state index is 14.0. The molecule has 2 aromatic rings. The van der Waals surface area contributed by atoms with Crippen LogP contribution in [0.1, 0.15) is 39.2 Å². The van der Waals surface area contributed by atoms with Crippen molar-refractivity contribution in [1.82, 2.24) is 0 Å². The van der Waals surface area contributed by atoms with Crippen LogP contribution in [0.15, 0.2) is 48.5 Å². The highest BCUT2D eigenvalue weighted by Gasteiger charge is 2.64. The van der Waals surface area contributed by atoms with Crippen molar-refractivity contribution in [2.75, 3.05) is 6.61 Å². The summed E-state index contributed by atoms with van der Waals surface area (Å²) in [6.45, 7) is 6.86. The van der Waals surface area contributed by atoms with Crippen LogP contribution in [0.3, 0.4) is 0 Å². The second kappa shape index (κ2) is 8.74. The molecule has 2 atom stereocenters. The molecule has 0 N–H and O–H groups in total. The van der Waals surface area contributed by atoms with E-state index in [2.05, 4.69) is 6.92 Å². The topological polar surface area (TPSA) is 44.8 Å². The monoisotopic (exact) mass is 386 g/mol. The molecule has 0 bridgehead atoms. The lowest BCUT2D eigenvalue weighted by molar-refractivity contribution is -0.148. The first-order valence-corrected chi connectivity index (χ1v) is 9.73. The highest BCUT2D eigenvalue weighted by Crippen LogP contribution is 2.54. The van der Waals surface area contributed by atoms with E-state index in [1.807, 2.05) is 32.0 Å². The Labute approximate surface area is 165 Å². The van der Waals surface area contributed by atoms with Crippen LogP contribution in [0, 0.1) is 17.2 Å². The zero-order valence-corrected chi connectivity index (χ0v) is 16.6. The van der Waals surface area contributed by atoms with E-state index in [1.54, 1.807) is 24.3 Å². The number of halogens is 1. The van der Waals surface area contributed by atoms with Crippen LogP contribution in [0.5, 0.6) is 11.5 Å². The number of hydrogen-bond donors (Lipinski definition) is 0. The minimum atomic E-state index is -0.466. The standard InChI is InChI=1S/C23H27FO4/c1-4-5-13-26-21-20(23(21,2)3)22(25)27-15-16-11-12-18(24)19(14-16)28-17-9-7-6-8-10-17/h6-12,14,20-21H,4-5,13,15H2,1-3H3. The summed E-state index contributed by atoms with van der Waals surface area (Å²) in [5, 5.41) is 0. The van der Waals surface area contributed by atoms with Crippen LogP contribution in [-0.2, 0) is 20.9 Å². The van der Waals surface area contributed by atoms with Crippen molar-refractivity contribution in [3.05, 3.63) is 59.9 Å². The number of para-hydroxylation sites is 1. The van der Waals surface area contributed by atoms with Gasteiger partial charge in [-0.2, -0.15) is 0 Å². The molecule has 2 aromatic carbocycles. The lowest BCUT2D eigenvalue weighted by Crippen LogP contribution is -2.12. The Morgan fingerprint density at radius 1 is 1.14 bits per heavy atom. The van der Waals surface area contributed by atoms with Crippen LogP contribution in [0.4, 0.5) is 4.39 Å². The zero-order chi connectivity index (χ0) is 20.1. The molecular formula is C23H27FO4. The van der Waals surface area contributed by atoms with Crippen LogP contribution < -0.4 is 4.74 Å². The first-order chi connectivity index (χ1) is 13.4. The molecule has 0 saturated heterocycles. The molecule has 1 saturated carbocycles. The Morgan fingerprint density at radius 2 is 1.89 bits per heavy atom. The number of ether oxygens (including phenoxy) is 3. The second-order valence-electron chi connectivity index (χ2n) is 7.73. The third kappa shape index (κ3) is 4.71. The summed E-state index contributed by atoms with van der Waals surface area (Å²) in [6, 6.07) is 13.5. The van der Waals surface area contributed by atoms with Crippen molar-refractivity contribution < 1.29 is 23.4 Å². The molecule has 5 heteroatoms. The van der Waals surface area contributed by atoms with E-state index in [-0.39, 0.29) is 35.8 Å². The van der Waals surface area contributed by atoms with Gasteiger partial charge in [-0.3, -0.25) is 4.79 Å². The fourth-order valence-electron chi connectivity index (χ4n) is 3.26. The van der Waals surface area contributed by atoms with Gasteiger partial charge in [0.25, 0.3) is 0 Å². The van der Waals surface area contributed by atoms with Gasteiger partial charge in [0.05, 0.1) is 12.0 Å². The summed E-state index contributed by atoms with van der Waals surface area (Å²) in [6.07, 6.45) is 1.94. The van der Waals surface area contributed by atoms with E-state index < -0.39 is 5.82 Å². The van der Waals surface area contributed by atoms with Gasteiger partial charge in [-0.15, -0.1) is 0 Å². The molecule has 28 heavy (non-hydrogen) atoms. The van der Waals surface area contributed by atoms with E-state index in [0.717, 1.165) is 12.8 Å². The molecule has 3 rings (SSSR count). The molecular weight excluding hydrogens is 359 g/mol. The maximum atomic E-state index is 14.0. The molecule has 1 aliphatic rings. The Morgan fingerprint density at radius 3 is 2.61 bits per heavy atom. The number of benzene rings is 2. The summed E-state index contributed by atoms with van der Waals surface area (Å²) in [7, 11) is 0. The Bertz CT molecular complexity index is 804. The minimum absolute atomic E-state index is 0.0680. The summed E-state index contributed by atoms with van der Waals surface area (Å²) >= 11 is 0. The van der Waals surface area contributed by atoms with E-state index in [0.29, 0.717) is 17.9 Å². The molecule has 0 aromatic heterocycles. The maximum Gasteiger partial charge on any atom is 0.312 e. The predicted molar refractivity (Wildman–Crippen MR) is 105 cm³/mol. The van der Waals surface area contributed by atoms with E-state index in [9.17, 15) is 9.18 Å². The molecule has 1 fully saturated rings. The normalized spacial score (nSPS) is 19.9. The molecule has 0 amide bonds. The molecule has 0 radical (unpaired) electrons. The van der Waals surface area contributed by atoms with E-state index >= 15 is 0 Å². The second-order valence-corrected chi connectivity index (χ2v) is 7.73. The van der Waals surface area contributed by atoms with Gasteiger partial charge in [0.15, 0.2) is 11.6 Å². The smallest absolute Gasteiger partial charge is 0.312 e. The largest absolute Gasteiger partial charge is 0.461 e. The molecule has 0 heterocycles. The van der Waals surface area contributed by atoms with Gasteiger partial charge in [0.2, 0.25) is 0 Å². The van der Waals surface area contributed by atoms with Crippen LogP contribution >= 0.6 is 0 Å². The summed E-state index contributed by atoms with van der Waals surface area (Å²) < 4.78 is 30.9. The van der Waals surface area contributed by atoms with Gasteiger partial charge in [-0.05, 0) is 36.2 Å². The van der Waals surface area contributed by atoms with Crippen LogP contribution in [-0.4, -0.2) is 18.7 Å². The van der Waals surface area contributed by atoms with Gasteiger partial charge in [-0.25, -0.2) is 4.39 Å². The number of carbonyl (C=O) groups excluding carboxylic acids is 1. The third-order valence-corrected chi connectivity index (χ3v) is 5.13. The van der Waals surface area contributed by atoms with Gasteiger partial charge >= 0.3 is 5.97 Å². The van der Waals surface area contributed by atoms with Crippen LogP contribution in [0.2, 0.25) is 0 Å². The Hall–Kier alpha value is -2.40. The van der Waals surface area contributed by atoms with E-state index in [4.69, 9.17) is 14.2 Å². The molecule has 150 valence electrons. The molecule has 4 nitrogen and oxygen atoms in total. The summed E-state index contributed by atoms with van der Waals surface area (Å²) in [5.41, 5.74) is 0.456. The number of unbranched alkanes of at least 4 members (excludes halogenated alkanes) is 1. The fourth-order valence-corrected chi connectivity index (χ4v) is 3.26. The predicted octanol–water partition coefficient (Wildman–Crippen LogP) is 5.50. The Kier molecular flexibility index (Phi) is 6.35. The highest BCUT2D eigenvalue weighted by atomic mass is 19.1. The van der Waals surface area contributed by atoms with Crippen molar-refractivity contribution in [2.45, 2.75) is 46.3 Å². The van der Waals surface area contributed by atoms with Crippen molar-refractivity contribution >= 4 is 5.97 Å². The van der Waals surface area contributed by atoms with Gasteiger partial charge in [0, 0.05) is 12.0 Å². The van der Waals surface area contributed by atoms with Crippen molar-refractivity contribution in [3.8, 4) is 11.5 Å². The SMILES string of the molecule is CCCCOC1C(C(=O)OCc2ccc(F)c(Oc3ccccc3)c2)C1(C)C.